The fourth-order valence-corrected chi connectivity index (χ4v) is 4.14. The highest BCUT2D eigenvalue weighted by molar-refractivity contribution is 5.83. The largest absolute Gasteiger partial charge is 0.507 e. The maximum Gasteiger partial charge on any atom is 0.163 e. The molecule has 1 aromatic heterocycles. The number of ether oxygens (including phenoxy) is 2. The molecule has 1 heterocycles. The Morgan fingerprint density at radius 3 is 1.81 bits per heavy atom. The van der Waals surface area contributed by atoms with E-state index in [0.717, 1.165) is 40.1 Å². The van der Waals surface area contributed by atoms with Crippen molar-refractivity contribution < 1.29 is 14.6 Å². The Morgan fingerprint density at radius 2 is 1.38 bits per heavy atom. The second-order valence-corrected chi connectivity index (χ2v) is 11.0. The van der Waals surface area contributed by atoms with E-state index in [0.29, 0.717) is 23.2 Å². The van der Waals surface area contributed by atoms with E-state index in [-0.39, 0.29) is 10.8 Å². The lowest BCUT2D eigenvalue weighted by atomic mass is 9.79. The number of phenols is 1. The molecule has 0 aliphatic carbocycles. The first-order valence-corrected chi connectivity index (χ1v) is 11.3. The van der Waals surface area contributed by atoms with Crippen molar-refractivity contribution in [1.82, 2.24) is 9.55 Å². The summed E-state index contributed by atoms with van der Waals surface area (Å²) in [5.41, 5.74) is 4.26. The third-order valence-electron chi connectivity index (χ3n) is 5.79. The normalized spacial score (nSPS) is 12.6. The van der Waals surface area contributed by atoms with Gasteiger partial charge in [-0.1, -0.05) is 55.4 Å². The van der Waals surface area contributed by atoms with Gasteiger partial charge >= 0.3 is 0 Å². The minimum Gasteiger partial charge on any atom is -0.507 e. The van der Waals surface area contributed by atoms with Crippen molar-refractivity contribution in [3.05, 3.63) is 41.2 Å². The van der Waals surface area contributed by atoms with Crippen LogP contribution in [-0.2, 0) is 17.3 Å². The number of methoxy groups -OCH3 is 2. The molecule has 0 aliphatic rings. The number of aromatic hydroxyl groups is 1. The topological polar surface area (TPSA) is 56.5 Å². The average Bonchev–Trinajstić information content (AvgIpc) is 3.01. The van der Waals surface area contributed by atoms with Crippen molar-refractivity contribution in [2.45, 2.75) is 72.6 Å². The van der Waals surface area contributed by atoms with Crippen molar-refractivity contribution in [3.8, 4) is 22.9 Å². The number of phenolic OH excluding ortho intramolecular Hbond substituents is 1. The van der Waals surface area contributed by atoms with E-state index in [4.69, 9.17) is 14.5 Å². The maximum absolute atomic E-state index is 11.2. The van der Waals surface area contributed by atoms with Crippen LogP contribution in [-0.4, -0.2) is 28.9 Å². The van der Waals surface area contributed by atoms with E-state index in [1.54, 1.807) is 14.2 Å². The lowest BCUT2D eigenvalue weighted by Crippen LogP contribution is -2.18. The van der Waals surface area contributed by atoms with E-state index in [9.17, 15) is 5.11 Å². The highest BCUT2D eigenvalue weighted by atomic mass is 16.5. The molecular formula is C27H38N2O3. The van der Waals surface area contributed by atoms with Crippen LogP contribution in [0.15, 0.2) is 24.3 Å². The molecule has 0 bridgehead atoms. The Hall–Kier alpha value is -2.69. The second kappa shape index (κ2) is 8.34. The lowest BCUT2D eigenvalue weighted by Gasteiger charge is -2.28. The SMILES string of the molecule is COc1cc2nc(CC(C)C)n(-c3cc(C(C)(C)C)c(O)c(C(C)(C)C)c3)c2cc1OC. The van der Waals surface area contributed by atoms with Crippen LogP contribution in [0.4, 0.5) is 0 Å². The fourth-order valence-electron chi connectivity index (χ4n) is 4.14. The fraction of sp³-hybridized carbons (Fsp3) is 0.519. The summed E-state index contributed by atoms with van der Waals surface area (Å²) < 4.78 is 13.3. The van der Waals surface area contributed by atoms with E-state index in [1.165, 1.54) is 0 Å². The third-order valence-corrected chi connectivity index (χ3v) is 5.79. The summed E-state index contributed by atoms with van der Waals surface area (Å²) in [5.74, 6) is 3.13. The number of hydrogen-bond acceptors (Lipinski definition) is 4. The van der Waals surface area contributed by atoms with Crippen LogP contribution in [0, 0.1) is 5.92 Å². The zero-order valence-corrected chi connectivity index (χ0v) is 21.3. The smallest absolute Gasteiger partial charge is 0.163 e. The summed E-state index contributed by atoms with van der Waals surface area (Å²) in [6.07, 6.45) is 0.829. The Morgan fingerprint density at radius 1 is 0.875 bits per heavy atom. The summed E-state index contributed by atoms with van der Waals surface area (Å²) in [7, 11) is 3.29. The van der Waals surface area contributed by atoms with Gasteiger partial charge in [-0.05, 0) is 28.9 Å². The molecule has 5 nitrogen and oxygen atoms in total. The van der Waals surface area contributed by atoms with E-state index < -0.39 is 0 Å². The second-order valence-electron chi connectivity index (χ2n) is 11.0. The number of fused-ring (bicyclic) bond motifs is 1. The van der Waals surface area contributed by atoms with Gasteiger partial charge in [0, 0.05) is 35.4 Å². The van der Waals surface area contributed by atoms with Crippen LogP contribution in [0.1, 0.15) is 72.3 Å². The van der Waals surface area contributed by atoms with Gasteiger partial charge in [0.05, 0.1) is 25.3 Å². The van der Waals surface area contributed by atoms with Gasteiger partial charge in [0.1, 0.15) is 11.6 Å². The van der Waals surface area contributed by atoms with Gasteiger partial charge in [-0.3, -0.25) is 4.57 Å². The summed E-state index contributed by atoms with van der Waals surface area (Å²) in [5, 5.41) is 11.2. The molecule has 1 N–H and O–H groups in total. The first-order valence-electron chi connectivity index (χ1n) is 11.3. The molecule has 5 heteroatoms. The molecule has 174 valence electrons. The molecule has 0 aliphatic heterocycles. The number of aromatic nitrogens is 2. The average molecular weight is 439 g/mol. The van der Waals surface area contributed by atoms with Gasteiger partial charge in [0.25, 0.3) is 0 Å². The molecule has 0 saturated heterocycles. The van der Waals surface area contributed by atoms with Gasteiger partial charge in [-0.15, -0.1) is 0 Å². The quantitative estimate of drug-likeness (QED) is 0.491. The first-order chi connectivity index (χ1) is 14.8. The van der Waals surface area contributed by atoms with Crippen LogP contribution in [0.3, 0.4) is 0 Å². The van der Waals surface area contributed by atoms with Gasteiger partial charge in [-0.25, -0.2) is 4.98 Å². The van der Waals surface area contributed by atoms with E-state index in [2.05, 4.69) is 72.1 Å². The zero-order valence-electron chi connectivity index (χ0n) is 21.3. The van der Waals surface area contributed by atoms with Crippen molar-refractivity contribution in [3.63, 3.8) is 0 Å². The standard InChI is InChI=1S/C27H38N2O3/c1-16(2)11-24-28-20-14-22(31-9)23(32-10)15-21(20)29(24)17-12-18(26(3,4)5)25(30)19(13-17)27(6,7)8/h12-16,30H,11H2,1-10H3. The molecule has 0 unspecified atom stereocenters. The number of hydrogen-bond donors (Lipinski definition) is 1. The van der Waals surface area contributed by atoms with Crippen LogP contribution >= 0.6 is 0 Å². The van der Waals surface area contributed by atoms with Crippen LogP contribution in [0.5, 0.6) is 17.2 Å². The molecular weight excluding hydrogens is 400 g/mol. The Labute approximate surface area is 192 Å². The highest BCUT2D eigenvalue weighted by Crippen LogP contribution is 2.42. The minimum atomic E-state index is -0.213. The van der Waals surface area contributed by atoms with Crippen LogP contribution in [0.2, 0.25) is 0 Å². The Kier molecular flexibility index (Phi) is 6.25. The zero-order chi connectivity index (χ0) is 24.0. The molecule has 0 saturated carbocycles. The van der Waals surface area contributed by atoms with Crippen molar-refractivity contribution in [1.29, 1.82) is 0 Å². The molecule has 0 amide bonds. The molecule has 2 aromatic carbocycles. The third kappa shape index (κ3) is 4.43. The number of benzene rings is 2. The summed E-state index contributed by atoms with van der Waals surface area (Å²) in [6.45, 7) is 17.2. The van der Waals surface area contributed by atoms with Crippen molar-refractivity contribution in [2.75, 3.05) is 14.2 Å². The molecule has 0 fully saturated rings. The molecule has 0 spiro atoms. The van der Waals surface area contributed by atoms with Gasteiger partial charge in [0.15, 0.2) is 11.5 Å². The Balaban J connectivity index is 2.44. The van der Waals surface area contributed by atoms with Crippen LogP contribution in [0.25, 0.3) is 16.7 Å². The van der Waals surface area contributed by atoms with E-state index >= 15 is 0 Å². The number of nitrogens with zero attached hydrogens (tertiary/aromatic N) is 2. The molecule has 32 heavy (non-hydrogen) atoms. The van der Waals surface area contributed by atoms with Gasteiger partial charge < -0.3 is 14.6 Å². The molecule has 0 radical (unpaired) electrons. The lowest BCUT2D eigenvalue weighted by molar-refractivity contribution is 0.355. The van der Waals surface area contributed by atoms with Crippen molar-refractivity contribution >= 4 is 11.0 Å². The van der Waals surface area contributed by atoms with Gasteiger partial charge in [0.2, 0.25) is 0 Å². The predicted octanol–water partition coefficient (Wildman–Crippen LogP) is 6.54. The monoisotopic (exact) mass is 438 g/mol. The van der Waals surface area contributed by atoms with Crippen LogP contribution < -0.4 is 9.47 Å². The minimum absolute atomic E-state index is 0.213. The molecule has 0 atom stereocenters. The number of imidazole rings is 1. The molecule has 3 aromatic rings. The summed E-state index contributed by atoms with van der Waals surface area (Å²) >= 11 is 0. The summed E-state index contributed by atoms with van der Waals surface area (Å²) in [4.78, 5) is 4.98. The highest BCUT2D eigenvalue weighted by Gasteiger charge is 2.28. The van der Waals surface area contributed by atoms with E-state index in [1.807, 2.05) is 12.1 Å². The Bertz CT molecular complexity index is 1090. The summed E-state index contributed by atoms with van der Waals surface area (Å²) in [6, 6.07) is 8.13. The predicted molar refractivity (Wildman–Crippen MR) is 132 cm³/mol. The maximum atomic E-state index is 11.2. The molecule has 3 rings (SSSR count). The first kappa shape index (κ1) is 24.0. The van der Waals surface area contributed by atoms with Gasteiger partial charge in [-0.2, -0.15) is 0 Å². The number of rotatable bonds is 5. The van der Waals surface area contributed by atoms with Crippen molar-refractivity contribution in [2.24, 2.45) is 5.92 Å².